The minimum atomic E-state index is -0.780. The minimum Gasteiger partial charge on any atom is -0.493 e. The molecular weight excluding hydrogens is 486 g/mol. The largest absolute Gasteiger partial charge is 0.493 e. The lowest BCUT2D eigenvalue weighted by Crippen LogP contribution is -2.53. The Balaban J connectivity index is 1.55. The Hall–Kier alpha value is -3.88. The van der Waals surface area contributed by atoms with E-state index in [1.54, 1.807) is 12.1 Å². The standard InChI is InChI=1S/C29H37N3O6/c1-29(2,3)19-11-13-25(22(17-19)30-4)38-16-7-6-15-37-24-10-8-9-20(21(24)18-33)28(36)32(5)23-12-14-26(34)31-27(23)35/h8-11,13,17-18,23,30H,6-7,12,14-16H2,1-5H3,(H,31,34,35). The van der Waals surface area contributed by atoms with Gasteiger partial charge in [0.1, 0.15) is 17.5 Å². The van der Waals surface area contributed by atoms with E-state index in [9.17, 15) is 19.2 Å². The number of hydrogen-bond donors (Lipinski definition) is 2. The van der Waals surface area contributed by atoms with Gasteiger partial charge in [0.25, 0.3) is 5.91 Å². The van der Waals surface area contributed by atoms with Gasteiger partial charge in [0.15, 0.2) is 6.29 Å². The van der Waals surface area contributed by atoms with Crippen molar-refractivity contribution >= 4 is 29.7 Å². The smallest absolute Gasteiger partial charge is 0.255 e. The molecule has 0 spiro atoms. The molecule has 2 aromatic carbocycles. The topological polar surface area (TPSA) is 114 Å². The molecule has 0 aliphatic carbocycles. The molecule has 0 bridgehead atoms. The van der Waals surface area contributed by atoms with Gasteiger partial charge in [-0.05, 0) is 54.5 Å². The highest BCUT2D eigenvalue weighted by molar-refractivity contribution is 6.06. The molecule has 9 nitrogen and oxygen atoms in total. The molecule has 1 fully saturated rings. The molecule has 3 rings (SSSR count). The summed E-state index contributed by atoms with van der Waals surface area (Å²) in [6, 6.07) is 10.2. The Kier molecular flexibility index (Phi) is 9.50. The van der Waals surface area contributed by atoms with Gasteiger partial charge in [-0.15, -0.1) is 0 Å². The van der Waals surface area contributed by atoms with Crippen molar-refractivity contribution in [2.24, 2.45) is 0 Å². The number of amides is 3. The number of imide groups is 1. The number of benzene rings is 2. The van der Waals surface area contributed by atoms with Crippen molar-refractivity contribution in [3.05, 3.63) is 53.1 Å². The summed E-state index contributed by atoms with van der Waals surface area (Å²) >= 11 is 0. The van der Waals surface area contributed by atoms with Crippen molar-refractivity contribution in [2.75, 3.05) is 32.6 Å². The Morgan fingerprint density at radius 2 is 1.79 bits per heavy atom. The van der Waals surface area contributed by atoms with Crippen LogP contribution in [0.15, 0.2) is 36.4 Å². The SMILES string of the molecule is CNc1cc(C(C)(C)C)ccc1OCCCCOc1cccc(C(=O)N(C)C2CCC(=O)NC2=O)c1C=O. The number of unbranched alkanes of at least 4 members (excludes halogenated alkanes) is 1. The summed E-state index contributed by atoms with van der Waals surface area (Å²) in [5.41, 5.74) is 2.48. The molecule has 1 unspecified atom stereocenters. The van der Waals surface area contributed by atoms with Gasteiger partial charge < -0.3 is 19.7 Å². The first-order valence-corrected chi connectivity index (χ1v) is 12.8. The van der Waals surface area contributed by atoms with Gasteiger partial charge in [-0.2, -0.15) is 0 Å². The maximum absolute atomic E-state index is 13.1. The zero-order chi connectivity index (χ0) is 27.9. The lowest BCUT2D eigenvalue weighted by atomic mass is 9.87. The zero-order valence-electron chi connectivity index (χ0n) is 22.8. The van der Waals surface area contributed by atoms with Crippen LogP contribution < -0.4 is 20.1 Å². The van der Waals surface area contributed by atoms with Gasteiger partial charge in [-0.25, -0.2) is 0 Å². The number of nitrogens with one attached hydrogen (secondary N) is 2. The Morgan fingerprint density at radius 1 is 1.11 bits per heavy atom. The molecule has 0 radical (unpaired) electrons. The quantitative estimate of drug-likeness (QED) is 0.260. The molecule has 2 aromatic rings. The van der Waals surface area contributed by atoms with Crippen LogP contribution in [-0.4, -0.2) is 62.3 Å². The van der Waals surface area contributed by atoms with E-state index in [-0.39, 0.29) is 35.3 Å². The maximum Gasteiger partial charge on any atom is 0.255 e. The van der Waals surface area contributed by atoms with Crippen LogP contribution in [0.5, 0.6) is 11.5 Å². The number of nitrogens with zero attached hydrogens (tertiary/aromatic N) is 1. The lowest BCUT2D eigenvalue weighted by Gasteiger charge is -2.30. The first-order valence-electron chi connectivity index (χ1n) is 12.8. The summed E-state index contributed by atoms with van der Waals surface area (Å²) in [7, 11) is 3.36. The second-order valence-electron chi connectivity index (χ2n) is 10.3. The van der Waals surface area contributed by atoms with Crippen molar-refractivity contribution in [3.8, 4) is 11.5 Å². The van der Waals surface area contributed by atoms with Crippen LogP contribution in [0.4, 0.5) is 5.69 Å². The highest BCUT2D eigenvalue weighted by Crippen LogP contribution is 2.31. The average molecular weight is 524 g/mol. The molecule has 2 N–H and O–H groups in total. The van der Waals surface area contributed by atoms with Crippen LogP contribution in [0.1, 0.15) is 72.7 Å². The summed E-state index contributed by atoms with van der Waals surface area (Å²) in [6.45, 7) is 7.34. The predicted molar refractivity (Wildman–Crippen MR) is 145 cm³/mol. The van der Waals surface area contributed by atoms with Gasteiger partial charge >= 0.3 is 0 Å². The lowest BCUT2D eigenvalue weighted by molar-refractivity contribution is -0.136. The number of carbonyl (C=O) groups is 4. The van der Waals surface area contributed by atoms with Gasteiger partial charge in [-0.1, -0.05) is 32.9 Å². The Labute approximate surface area is 223 Å². The van der Waals surface area contributed by atoms with E-state index in [2.05, 4.69) is 43.5 Å². The maximum atomic E-state index is 13.1. The van der Waals surface area contributed by atoms with Crippen LogP contribution in [0.25, 0.3) is 0 Å². The van der Waals surface area contributed by atoms with Gasteiger partial charge in [0, 0.05) is 20.5 Å². The van der Waals surface area contributed by atoms with Crippen molar-refractivity contribution in [1.29, 1.82) is 0 Å². The first-order chi connectivity index (χ1) is 18.1. The van der Waals surface area contributed by atoms with Crippen molar-refractivity contribution in [3.63, 3.8) is 0 Å². The fraction of sp³-hybridized carbons (Fsp3) is 0.448. The molecule has 1 heterocycles. The fourth-order valence-electron chi connectivity index (χ4n) is 4.25. The van der Waals surface area contributed by atoms with E-state index < -0.39 is 17.9 Å². The van der Waals surface area contributed by atoms with Crippen LogP contribution in [0.2, 0.25) is 0 Å². The Morgan fingerprint density at radius 3 is 2.39 bits per heavy atom. The van der Waals surface area contributed by atoms with Crippen LogP contribution in [0.3, 0.4) is 0 Å². The summed E-state index contributed by atoms with van der Waals surface area (Å²) in [5.74, 6) is -0.276. The number of anilines is 1. The highest BCUT2D eigenvalue weighted by atomic mass is 16.5. The van der Waals surface area contributed by atoms with E-state index in [1.807, 2.05) is 13.1 Å². The molecular formula is C29H37N3O6. The van der Waals surface area contributed by atoms with Crippen molar-refractivity contribution in [1.82, 2.24) is 10.2 Å². The Bertz CT molecular complexity index is 1190. The number of ether oxygens (including phenoxy) is 2. The van der Waals surface area contributed by atoms with Crippen molar-refractivity contribution in [2.45, 2.75) is 57.9 Å². The van der Waals surface area contributed by atoms with E-state index in [0.29, 0.717) is 31.7 Å². The third kappa shape index (κ3) is 6.90. The van der Waals surface area contributed by atoms with Gasteiger partial charge in [-0.3, -0.25) is 24.5 Å². The van der Waals surface area contributed by atoms with Crippen LogP contribution in [0, 0.1) is 0 Å². The normalized spacial score (nSPS) is 15.4. The summed E-state index contributed by atoms with van der Waals surface area (Å²) in [5, 5.41) is 5.44. The van der Waals surface area contributed by atoms with E-state index >= 15 is 0 Å². The van der Waals surface area contributed by atoms with Crippen molar-refractivity contribution < 1.29 is 28.7 Å². The summed E-state index contributed by atoms with van der Waals surface area (Å²) < 4.78 is 11.8. The van der Waals surface area contributed by atoms with E-state index in [0.717, 1.165) is 17.9 Å². The molecule has 1 aliphatic rings. The number of piperidine rings is 1. The van der Waals surface area contributed by atoms with Gasteiger partial charge in [0.2, 0.25) is 11.8 Å². The number of likely N-dealkylation sites (N-methyl/N-ethyl adjacent to an activating group) is 1. The third-order valence-electron chi connectivity index (χ3n) is 6.58. The number of aldehydes is 1. The summed E-state index contributed by atoms with van der Waals surface area (Å²) in [6.07, 6.45) is 2.39. The number of rotatable bonds is 11. The number of carbonyl (C=O) groups excluding carboxylic acids is 4. The highest BCUT2D eigenvalue weighted by Gasteiger charge is 2.33. The second kappa shape index (κ2) is 12.6. The molecule has 0 saturated carbocycles. The molecule has 9 heteroatoms. The molecule has 38 heavy (non-hydrogen) atoms. The van der Waals surface area contributed by atoms with Crippen LogP contribution >= 0.6 is 0 Å². The fourth-order valence-corrected chi connectivity index (χ4v) is 4.25. The summed E-state index contributed by atoms with van der Waals surface area (Å²) in [4.78, 5) is 49.9. The van der Waals surface area contributed by atoms with E-state index in [4.69, 9.17) is 9.47 Å². The monoisotopic (exact) mass is 523 g/mol. The molecule has 204 valence electrons. The van der Waals surface area contributed by atoms with Gasteiger partial charge in [0.05, 0.1) is 30.0 Å². The molecule has 1 saturated heterocycles. The average Bonchev–Trinajstić information content (AvgIpc) is 2.89. The predicted octanol–water partition coefficient (Wildman–Crippen LogP) is 3.95. The molecule has 3 amide bonds. The number of hydrogen-bond acceptors (Lipinski definition) is 7. The molecule has 0 aromatic heterocycles. The minimum absolute atomic E-state index is 0.0457. The second-order valence-corrected chi connectivity index (χ2v) is 10.3. The zero-order valence-corrected chi connectivity index (χ0v) is 22.8. The molecule has 1 aliphatic heterocycles. The first kappa shape index (κ1) is 28.7. The van der Waals surface area contributed by atoms with Crippen LogP contribution in [-0.2, 0) is 15.0 Å². The van der Waals surface area contributed by atoms with E-state index in [1.165, 1.54) is 23.6 Å². The molecule has 1 atom stereocenters. The third-order valence-corrected chi connectivity index (χ3v) is 6.58.